The number of likely N-dealkylation sites (N-methyl/N-ethyl adjacent to an activating group) is 1. The number of esters is 2. The molecule has 0 aliphatic carbocycles. The molecule has 1 N–H and O–H groups in total. The molecule has 39 heavy (non-hydrogen) atoms. The average Bonchev–Trinajstić information content (AvgIpc) is 3.63. The van der Waals surface area contributed by atoms with Crippen LogP contribution in [0.5, 0.6) is 0 Å². The van der Waals surface area contributed by atoms with Gasteiger partial charge in [0, 0.05) is 74.7 Å². The van der Waals surface area contributed by atoms with Crippen molar-refractivity contribution in [2.75, 3.05) is 67.1 Å². The number of carbonyl (C=O) groups excluding carboxylic acids is 3. The van der Waals surface area contributed by atoms with E-state index in [4.69, 9.17) is 9.47 Å². The number of piperazine rings is 1. The topological polar surface area (TPSA) is 120 Å². The van der Waals surface area contributed by atoms with Crippen LogP contribution in [-0.2, 0) is 23.9 Å². The molecule has 0 aromatic carbocycles. The van der Waals surface area contributed by atoms with Gasteiger partial charge >= 0.3 is 11.9 Å². The molecule has 4 rings (SSSR count). The van der Waals surface area contributed by atoms with E-state index in [9.17, 15) is 14.4 Å². The number of hydrogen-bond acceptors (Lipinski definition) is 12. The van der Waals surface area contributed by atoms with Crippen molar-refractivity contribution in [3.8, 4) is 0 Å². The Kier molecular flexibility index (Phi) is 9.70. The standard InChI is InChI=1S/C26H39N7O5S/c1-17(2)33-14-18(10-22(33)26(36)38-5)32(16-34)13-19-12-31(8-7-30(19)3)15-21-20(25(35)37-4)11-28-23(29-21)24-27-6-9-39-24/h6,9,16-19,22H,7-8,10-15H2,1-5H3,(H,28,29). The van der Waals surface area contributed by atoms with Crippen LogP contribution < -0.4 is 5.32 Å². The first-order valence-electron chi connectivity index (χ1n) is 13.2. The molecule has 0 bridgehead atoms. The fourth-order valence-corrected chi connectivity index (χ4v) is 6.13. The Balaban J connectivity index is 1.44. The van der Waals surface area contributed by atoms with Crippen molar-refractivity contribution in [2.45, 2.75) is 44.4 Å². The number of thiazole rings is 1. The molecule has 1 aromatic rings. The number of nitrogens with zero attached hydrogens (tertiary/aromatic N) is 6. The first kappa shape index (κ1) is 29.1. The molecule has 12 nitrogen and oxygen atoms in total. The summed E-state index contributed by atoms with van der Waals surface area (Å²) in [5.74, 6) is 0.00300. The lowest BCUT2D eigenvalue weighted by Crippen LogP contribution is -2.57. The molecular formula is C26H39N7O5S. The van der Waals surface area contributed by atoms with E-state index in [0.717, 1.165) is 30.2 Å². The first-order chi connectivity index (χ1) is 18.7. The fraction of sp³-hybridized carbons (Fsp3) is 0.654. The Morgan fingerprint density at radius 1 is 1.26 bits per heavy atom. The summed E-state index contributed by atoms with van der Waals surface area (Å²) in [6, 6.07) is -0.161. The zero-order valence-corrected chi connectivity index (χ0v) is 24.1. The van der Waals surface area contributed by atoms with Crippen molar-refractivity contribution in [1.29, 1.82) is 0 Å². The number of carbonyl (C=O) groups is 3. The summed E-state index contributed by atoms with van der Waals surface area (Å²) in [5, 5.41) is 5.99. The van der Waals surface area contributed by atoms with Crippen molar-refractivity contribution in [2.24, 2.45) is 4.99 Å². The number of aliphatic imine (C=N–C) groups is 1. The van der Waals surface area contributed by atoms with Crippen molar-refractivity contribution < 1.29 is 23.9 Å². The summed E-state index contributed by atoms with van der Waals surface area (Å²) in [6.07, 6.45) is 3.19. The Morgan fingerprint density at radius 3 is 2.69 bits per heavy atom. The van der Waals surface area contributed by atoms with Gasteiger partial charge in [-0.15, -0.1) is 11.3 Å². The molecule has 0 radical (unpaired) electrons. The lowest BCUT2D eigenvalue weighted by Gasteiger charge is -2.42. The lowest BCUT2D eigenvalue weighted by molar-refractivity contribution is -0.146. The number of nitrogens with one attached hydrogen (secondary N) is 1. The predicted octanol–water partition coefficient (Wildman–Crippen LogP) is 0.0187. The van der Waals surface area contributed by atoms with Gasteiger partial charge in [-0.25, -0.2) is 9.78 Å². The van der Waals surface area contributed by atoms with E-state index in [1.54, 1.807) is 6.20 Å². The van der Waals surface area contributed by atoms with Crippen LogP contribution in [0.15, 0.2) is 27.8 Å². The Labute approximate surface area is 233 Å². The molecule has 3 atom stereocenters. The third kappa shape index (κ3) is 6.65. The van der Waals surface area contributed by atoms with Crippen LogP contribution in [0.25, 0.3) is 0 Å². The normalized spacial score (nSPS) is 24.9. The zero-order chi connectivity index (χ0) is 28.1. The second-order valence-corrected chi connectivity index (χ2v) is 11.4. The Morgan fingerprint density at radius 2 is 2.05 bits per heavy atom. The summed E-state index contributed by atoms with van der Waals surface area (Å²) in [6.45, 7) is 8.38. The predicted molar refractivity (Wildman–Crippen MR) is 147 cm³/mol. The van der Waals surface area contributed by atoms with E-state index in [1.165, 1.54) is 25.6 Å². The monoisotopic (exact) mass is 561 g/mol. The molecule has 0 spiro atoms. The van der Waals surface area contributed by atoms with Crippen molar-refractivity contribution >= 4 is 35.5 Å². The molecule has 3 aliphatic rings. The summed E-state index contributed by atoms with van der Waals surface area (Å²) in [5.41, 5.74) is 1.28. The van der Waals surface area contributed by atoms with Crippen LogP contribution in [0.4, 0.5) is 0 Å². The highest BCUT2D eigenvalue weighted by molar-refractivity contribution is 7.11. The number of amides is 1. The third-order valence-electron chi connectivity index (χ3n) is 7.82. The number of methoxy groups -OCH3 is 2. The second kappa shape index (κ2) is 13.0. The Hall–Kier alpha value is -2.87. The smallest absolute Gasteiger partial charge is 0.337 e. The largest absolute Gasteiger partial charge is 0.468 e. The summed E-state index contributed by atoms with van der Waals surface area (Å²) in [4.78, 5) is 54.6. The maximum absolute atomic E-state index is 12.5. The van der Waals surface area contributed by atoms with Crippen LogP contribution in [0, 0.1) is 0 Å². The minimum atomic E-state index is -0.395. The second-order valence-electron chi connectivity index (χ2n) is 10.5. The van der Waals surface area contributed by atoms with E-state index in [1.807, 2.05) is 10.3 Å². The Bertz CT molecular complexity index is 1090. The fourth-order valence-electron chi connectivity index (χ4n) is 5.53. The van der Waals surface area contributed by atoms with Crippen LogP contribution >= 0.6 is 11.3 Å². The molecule has 0 saturated carbocycles. The molecule has 3 aliphatic heterocycles. The maximum atomic E-state index is 12.5. The van der Waals surface area contributed by atoms with Crippen LogP contribution in [0.1, 0.15) is 25.3 Å². The minimum absolute atomic E-state index is 0.0662. The van der Waals surface area contributed by atoms with E-state index in [0.29, 0.717) is 44.0 Å². The molecule has 1 aromatic heterocycles. The van der Waals surface area contributed by atoms with Gasteiger partial charge in [-0.3, -0.25) is 29.3 Å². The molecule has 13 heteroatoms. The van der Waals surface area contributed by atoms with Crippen LogP contribution in [0.3, 0.4) is 0 Å². The molecular weight excluding hydrogens is 522 g/mol. The van der Waals surface area contributed by atoms with E-state index in [-0.39, 0.29) is 36.7 Å². The quantitative estimate of drug-likeness (QED) is 0.309. The number of likely N-dealkylation sites (tertiary alicyclic amines) is 1. The summed E-state index contributed by atoms with van der Waals surface area (Å²) >= 11 is 1.49. The number of amidine groups is 1. The van der Waals surface area contributed by atoms with Crippen LogP contribution in [-0.4, -0.2) is 140 Å². The number of hydrogen-bond donors (Lipinski definition) is 1. The number of ether oxygens (including phenoxy) is 2. The zero-order valence-electron chi connectivity index (χ0n) is 23.3. The van der Waals surface area contributed by atoms with Gasteiger partial charge < -0.3 is 19.7 Å². The van der Waals surface area contributed by atoms with Gasteiger partial charge in [-0.05, 0) is 27.3 Å². The van der Waals surface area contributed by atoms with Gasteiger partial charge in [0.05, 0.1) is 26.3 Å². The lowest BCUT2D eigenvalue weighted by atomic mass is 10.1. The molecule has 3 unspecified atom stereocenters. The van der Waals surface area contributed by atoms with Gasteiger partial charge in [-0.1, -0.05) is 0 Å². The van der Waals surface area contributed by atoms with Gasteiger partial charge in [0.25, 0.3) is 0 Å². The molecule has 4 heterocycles. The highest BCUT2D eigenvalue weighted by Crippen LogP contribution is 2.26. The molecule has 214 valence electrons. The van der Waals surface area contributed by atoms with Gasteiger partial charge in [0.15, 0.2) is 10.8 Å². The molecule has 1 amide bonds. The first-order valence-corrected chi connectivity index (χ1v) is 14.1. The van der Waals surface area contributed by atoms with E-state index in [2.05, 4.69) is 50.9 Å². The molecule has 2 fully saturated rings. The average molecular weight is 562 g/mol. The highest BCUT2D eigenvalue weighted by atomic mass is 32.1. The maximum Gasteiger partial charge on any atom is 0.337 e. The number of rotatable bonds is 10. The number of aromatic nitrogens is 1. The molecule has 2 saturated heterocycles. The van der Waals surface area contributed by atoms with Crippen molar-refractivity contribution in [1.82, 2.24) is 29.9 Å². The van der Waals surface area contributed by atoms with Crippen molar-refractivity contribution in [3.63, 3.8) is 0 Å². The SMILES string of the molecule is COC(=O)C1=C(CN2CCN(C)C(CN(C=O)C3CC(C(=O)OC)N(C(C)C)C3)C2)NC(c2nccs2)=NC1. The third-order valence-corrected chi connectivity index (χ3v) is 8.60. The van der Waals surface area contributed by atoms with E-state index < -0.39 is 5.97 Å². The van der Waals surface area contributed by atoms with Crippen LogP contribution in [0.2, 0.25) is 0 Å². The van der Waals surface area contributed by atoms with Gasteiger partial charge in [0.1, 0.15) is 6.04 Å². The summed E-state index contributed by atoms with van der Waals surface area (Å²) in [7, 11) is 4.86. The minimum Gasteiger partial charge on any atom is -0.468 e. The highest BCUT2D eigenvalue weighted by Gasteiger charge is 2.42. The van der Waals surface area contributed by atoms with Crippen molar-refractivity contribution in [3.05, 3.63) is 27.9 Å². The summed E-state index contributed by atoms with van der Waals surface area (Å²) < 4.78 is 10.1. The van der Waals surface area contributed by atoms with E-state index >= 15 is 0 Å². The van der Waals surface area contributed by atoms with Gasteiger partial charge in [-0.2, -0.15) is 0 Å². The van der Waals surface area contributed by atoms with Gasteiger partial charge in [0.2, 0.25) is 6.41 Å².